The van der Waals surface area contributed by atoms with E-state index < -0.39 is 0 Å². The summed E-state index contributed by atoms with van der Waals surface area (Å²) in [6.45, 7) is 12.6. The van der Waals surface area contributed by atoms with Crippen LogP contribution < -0.4 is 10.6 Å². The summed E-state index contributed by atoms with van der Waals surface area (Å²) in [6, 6.07) is 0. The number of hydrogen-bond acceptors (Lipinski definition) is 4. The van der Waals surface area contributed by atoms with Crippen molar-refractivity contribution in [2.45, 2.75) is 52.1 Å². The lowest BCUT2D eigenvalue weighted by Gasteiger charge is -2.34. The smallest absolute Gasteiger partial charge is 0.190 e. The van der Waals surface area contributed by atoms with Gasteiger partial charge in [-0.25, -0.2) is 0 Å². The Morgan fingerprint density at radius 2 is 2.11 bits per heavy atom. The maximum absolute atomic E-state index is 5.70. The predicted octanol–water partition coefficient (Wildman–Crippen LogP) is 2.72. The fraction of sp³-hybridized carbons (Fsp3) is 0.950. The number of ether oxygens (including phenoxy) is 2. The maximum Gasteiger partial charge on any atom is 0.190 e. The lowest BCUT2D eigenvalue weighted by molar-refractivity contribution is 0.0168. The van der Waals surface area contributed by atoms with Crippen molar-refractivity contribution in [2.24, 2.45) is 16.8 Å². The molecule has 2 rings (SSSR count). The molecule has 6 nitrogen and oxygen atoms in total. The fourth-order valence-corrected chi connectivity index (χ4v) is 3.83. The number of rotatable bonds is 10. The molecule has 160 valence electrons. The second-order valence-corrected chi connectivity index (χ2v) is 8.11. The molecule has 27 heavy (non-hydrogen) atoms. The van der Waals surface area contributed by atoms with Crippen LogP contribution in [0.4, 0.5) is 0 Å². The van der Waals surface area contributed by atoms with Crippen LogP contribution in [-0.4, -0.2) is 76.6 Å². The number of piperidine rings is 1. The van der Waals surface area contributed by atoms with Crippen LogP contribution >= 0.6 is 24.0 Å². The molecule has 2 saturated heterocycles. The standard InChI is InChI=1S/C20H40N4O2.HI/c1-17(2)14-24-10-4-7-18(15-24)13-23-20(21-3)22-9-6-11-25-16-19-8-5-12-26-19;/h17-19H,4-16H2,1-3H3,(H2,21,22,23);1H. The molecule has 2 aliphatic rings. The van der Waals surface area contributed by atoms with Gasteiger partial charge in [-0.15, -0.1) is 24.0 Å². The van der Waals surface area contributed by atoms with Crippen molar-refractivity contribution in [1.29, 1.82) is 0 Å². The number of likely N-dealkylation sites (tertiary alicyclic amines) is 1. The van der Waals surface area contributed by atoms with Gasteiger partial charge in [0.2, 0.25) is 0 Å². The van der Waals surface area contributed by atoms with Crippen molar-refractivity contribution in [1.82, 2.24) is 15.5 Å². The van der Waals surface area contributed by atoms with Gasteiger partial charge < -0.3 is 25.0 Å². The Balaban J connectivity index is 0.00000364. The van der Waals surface area contributed by atoms with Crippen LogP contribution in [0.2, 0.25) is 0 Å². The summed E-state index contributed by atoms with van der Waals surface area (Å²) in [5.74, 6) is 2.37. The zero-order valence-corrected chi connectivity index (χ0v) is 19.9. The molecule has 2 aliphatic heterocycles. The Morgan fingerprint density at radius 3 is 2.81 bits per heavy atom. The zero-order valence-electron chi connectivity index (χ0n) is 17.5. The van der Waals surface area contributed by atoms with Crippen LogP contribution in [-0.2, 0) is 9.47 Å². The first kappa shape index (κ1) is 24.9. The van der Waals surface area contributed by atoms with Gasteiger partial charge in [-0.05, 0) is 50.5 Å². The lowest BCUT2D eigenvalue weighted by Crippen LogP contribution is -2.45. The van der Waals surface area contributed by atoms with Crippen molar-refractivity contribution in [2.75, 3.05) is 59.6 Å². The molecule has 0 aromatic heterocycles. The van der Waals surface area contributed by atoms with Gasteiger partial charge in [0.15, 0.2) is 5.96 Å². The molecule has 0 amide bonds. The van der Waals surface area contributed by atoms with E-state index in [4.69, 9.17) is 9.47 Å². The topological polar surface area (TPSA) is 58.1 Å². The molecule has 2 fully saturated rings. The average Bonchev–Trinajstić information content (AvgIpc) is 3.13. The van der Waals surface area contributed by atoms with Crippen LogP contribution in [0.3, 0.4) is 0 Å². The van der Waals surface area contributed by atoms with Gasteiger partial charge in [0.05, 0.1) is 12.7 Å². The highest BCUT2D eigenvalue weighted by molar-refractivity contribution is 14.0. The molecule has 0 spiro atoms. The highest BCUT2D eigenvalue weighted by atomic mass is 127. The van der Waals surface area contributed by atoms with Gasteiger partial charge in [-0.2, -0.15) is 0 Å². The number of nitrogens with zero attached hydrogens (tertiary/aromatic N) is 2. The van der Waals surface area contributed by atoms with Crippen molar-refractivity contribution in [3.05, 3.63) is 0 Å². The third kappa shape index (κ3) is 10.9. The molecule has 0 aromatic carbocycles. The third-order valence-corrected chi connectivity index (χ3v) is 5.09. The molecule has 7 heteroatoms. The Labute approximate surface area is 183 Å². The van der Waals surface area contributed by atoms with E-state index in [1.54, 1.807) is 0 Å². The molecule has 2 unspecified atom stereocenters. The first-order valence-electron chi connectivity index (χ1n) is 10.5. The molecule has 0 bridgehead atoms. The van der Waals surface area contributed by atoms with Crippen molar-refractivity contribution in [3.63, 3.8) is 0 Å². The number of guanidine groups is 1. The monoisotopic (exact) mass is 496 g/mol. The molecular weight excluding hydrogens is 455 g/mol. The van der Waals surface area contributed by atoms with Gasteiger partial charge in [0.1, 0.15) is 0 Å². The maximum atomic E-state index is 5.70. The van der Waals surface area contributed by atoms with E-state index in [-0.39, 0.29) is 24.0 Å². The van der Waals surface area contributed by atoms with Crippen molar-refractivity contribution < 1.29 is 9.47 Å². The summed E-state index contributed by atoms with van der Waals surface area (Å²) in [5.41, 5.74) is 0. The van der Waals surface area contributed by atoms with Crippen LogP contribution in [0.25, 0.3) is 0 Å². The molecule has 0 aliphatic carbocycles. The first-order chi connectivity index (χ1) is 12.7. The average molecular weight is 496 g/mol. The van der Waals surface area contributed by atoms with E-state index in [1.807, 2.05) is 7.05 Å². The molecule has 2 N–H and O–H groups in total. The molecule has 0 saturated carbocycles. The largest absolute Gasteiger partial charge is 0.379 e. The van der Waals surface area contributed by atoms with Gasteiger partial charge in [0.25, 0.3) is 0 Å². The molecule has 0 aromatic rings. The van der Waals surface area contributed by atoms with Gasteiger partial charge in [0, 0.05) is 46.4 Å². The van der Waals surface area contributed by atoms with E-state index in [0.717, 1.165) is 63.5 Å². The predicted molar refractivity (Wildman–Crippen MR) is 123 cm³/mol. The van der Waals surface area contributed by atoms with E-state index in [1.165, 1.54) is 38.9 Å². The zero-order chi connectivity index (χ0) is 18.6. The molecule has 2 atom stereocenters. The number of aliphatic imine (C=N–C) groups is 1. The molecule has 2 heterocycles. The van der Waals surface area contributed by atoms with E-state index in [2.05, 4.69) is 34.4 Å². The van der Waals surface area contributed by atoms with E-state index in [0.29, 0.717) is 6.10 Å². The van der Waals surface area contributed by atoms with E-state index in [9.17, 15) is 0 Å². The minimum absolute atomic E-state index is 0. The van der Waals surface area contributed by atoms with Gasteiger partial charge in [-0.1, -0.05) is 13.8 Å². The molecular formula is C20H41IN4O2. The third-order valence-electron chi connectivity index (χ3n) is 5.09. The normalized spacial score (nSPS) is 24.1. The van der Waals surface area contributed by atoms with Crippen LogP contribution in [0.15, 0.2) is 4.99 Å². The highest BCUT2D eigenvalue weighted by Gasteiger charge is 2.20. The minimum Gasteiger partial charge on any atom is -0.379 e. The second-order valence-electron chi connectivity index (χ2n) is 8.11. The number of hydrogen-bond donors (Lipinski definition) is 2. The second kappa shape index (κ2) is 14.8. The summed E-state index contributed by atoms with van der Waals surface area (Å²) < 4.78 is 11.3. The lowest BCUT2D eigenvalue weighted by atomic mass is 9.97. The minimum atomic E-state index is 0. The Hall–Kier alpha value is -0.120. The SMILES string of the molecule is CN=C(NCCCOCC1CCCO1)NCC1CCCN(CC(C)C)C1.I. The fourth-order valence-electron chi connectivity index (χ4n) is 3.83. The summed E-state index contributed by atoms with van der Waals surface area (Å²) in [7, 11) is 1.84. The first-order valence-corrected chi connectivity index (χ1v) is 10.5. The summed E-state index contributed by atoms with van der Waals surface area (Å²) in [6.07, 6.45) is 6.25. The summed E-state index contributed by atoms with van der Waals surface area (Å²) in [4.78, 5) is 6.95. The number of nitrogens with one attached hydrogen (secondary N) is 2. The van der Waals surface area contributed by atoms with Crippen LogP contribution in [0, 0.1) is 11.8 Å². The van der Waals surface area contributed by atoms with Gasteiger partial charge >= 0.3 is 0 Å². The van der Waals surface area contributed by atoms with Crippen LogP contribution in [0.1, 0.15) is 46.0 Å². The quantitative estimate of drug-likeness (QED) is 0.211. The summed E-state index contributed by atoms with van der Waals surface area (Å²) >= 11 is 0. The Morgan fingerprint density at radius 1 is 1.26 bits per heavy atom. The molecule has 0 radical (unpaired) electrons. The van der Waals surface area contributed by atoms with E-state index >= 15 is 0 Å². The Bertz CT molecular complexity index is 403. The summed E-state index contributed by atoms with van der Waals surface area (Å²) in [5, 5.41) is 6.89. The highest BCUT2D eigenvalue weighted by Crippen LogP contribution is 2.16. The van der Waals surface area contributed by atoms with Crippen molar-refractivity contribution in [3.8, 4) is 0 Å². The number of halogens is 1. The van der Waals surface area contributed by atoms with Crippen LogP contribution in [0.5, 0.6) is 0 Å². The van der Waals surface area contributed by atoms with Gasteiger partial charge in [-0.3, -0.25) is 4.99 Å². The Kier molecular flexibility index (Phi) is 13.7. The van der Waals surface area contributed by atoms with Crippen molar-refractivity contribution >= 4 is 29.9 Å².